The highest BCUT2D eigenvalue weighted by molar-refractivity contribution is 5.90. The molecule has 4 aromatic rings. The minimum Gasteiger partial charge on any atom is -0.464 e. The first-order chi connectivity index (χ1) is 12.3. The third-order valence-corrected chi connectivity index (χ3v) is 4.54. The summed E-state index contributed by atoms with van der Waals surface area (Å²) in [6.45, 7) is 1.76. The van der Waals surface area contributed by atoms with Crippen molar-refractivity contribution in [3.8, 4) is 0 Å². The quantitative estimate of drug-likeness (QED) is 0.465. The van der Waals surface area contributed by atoms with E-state index in [4.69, 9.17) is 4.42 Å². The van der Waals surface area contributed by atoms with Crippen molar-refractivity contribution in [3.63, 3.8) is 0 Å². The van der Waals surface area contributed by atoms with Crippen molar-refractivity contribution in [2.24, 2.45) is 0 Å². The van der Waals surface area contributed by atoms with Gasteiger partial charge in [-0.25, -0.2) is 0 Å². The molecule has 1 aromatic heterocycles. The molecule has 3 aromatic carbocycles. The van der Waals surface area contributed by atoms with Crippen molar-refractivity contribution in [2.45, 2.75) is 6.54 Å². The Hall–Kier alpha value is -2.84. The lowest BCUT2D eigenvalue weighted by Gasteiger charge is -2.14. The topological polar surface area (TPSA) is 16.4 Å². The Kier molecular flexibility index (Phi) is 4.36. The number of benzene rings is 3. The summed E-state index contributed by atoms with van der Waals surface area (Å²) in [5.74, 6) is 0. The van der Waals surface area contributed by atoms with Crippen LogP contribution in [0, 0.1) is 0 Å². The van der Waals surface area contributed by atoms with Crippen molar-refractivity contribution in [2.75, 3.05) is 13.6 Å². The number of fused-ring (bicyclic) bond motifs is 2. The normalized spacial score (nSPS) is 11.9. The Balaban J connectivity index is 1.47. The van der Waals surface area contributed by atoms with E-state index in [1.165, 1.54) is 21.9 Å². The first kappa shape index (κ1) is 15.7. The average Bonchev–Trinajstić information content (AvgIpc) is 3.12. The second kappa shape index (κ2) is 6.96. The summed E-state index contributed by atoms with van der Waals surface area (Å²) < 4.78 is 5.63. The van der Waals surface area contributed by atoms with Crippen LogP contribution in [0.2, 0.25) is 0 Å². The van der Waals surface area contributed by atoms with E-state index in [9.17, 15) is 0 Å². The highest BCUT2D eigenvalue weighted by atomic mass is 16.3. The molecule has 0 bridgehead atoms. The molecule has 0 unspecified atom stereocenters. The van der Waals surface area contributed by atoms with E-state index in [-0.39, 0.29) is 0 Å². The highest BCUT2D eigenvalue weighted by Crippen LogP contribution is 2.21. The molecule has 4 rings (SSSR count). The number of furan rings is 1. The minimum absolute atomic E-state index is 0.866. The summed E-state index contributed by atoms with van der Waals surface area (Å²) in [6, 6.07) is 23.3. The number of rotatable bonds is 5. The lowest BCUT2D eigenvalue weighted by atomic mass is 10.0. The largest absolute Gasteiger partial charge is 0.464 e. The number of nitrogens with zero attached hydrogens (tertiary/aromatic N) is 1. The summed E-state index contributed by atoms with van der Waals surface area (Å²) in [5.41, 5.74) is 3.48. The molecule has 25 heavy (non-hydrogen) atoms. The van der Waals surface area contributed by atoms with Gasteiger partial charge in [-0.05, 0) is 29.4 Å². The number of hydrogen-bond donors (Lipinski definition) is 0. The zero-order valence-electron chi connectivity index (χ0n) is 14.4. The van der Waals surface area contributed by atoms with E-state index >= 15 is 0 Å². The maximum Gasteiger partial charge on any atom is 0.138 e. The molecule has 0 radical (unpaired) electrons. The molecule has 124 valence electrons. The number of likely N-dealkylation sites (N-methyl/N-ethyl adjacent to an activating group) is 1. The van der Waals surface area contributed by atoms with Gasteiger partial charge in [0, 0.05) is 24.0 Å². The van der Waals surface area contributed by atoms with Crippen molar-refractivity contribution in [3.05, 3.63) is 90.2 Å². The van der Waals surface area contributed by atoms with Crippen LogP contribution in [0.5, 0.6) is 0 Å². The predicted octanol–water partition coefficient (Wildman–Crippen LogP) is 5.73. The van der Waals surface area contributed by atoms with Crippen LogP contribution in [-0.4, -0.2) is 18.5 Å². The monoisotopic (exact) mass is 327 g/mol. The van der Waals surface area contributed by atoms with Crippen LogP contribution in [0.15, 0.2) is 83.5 Å². The molecule has 0 fully saturated rings. The predicted molar refractivity (Wildman–Crippen MR) is 106 cm³/mol. The molecule has 0 atom stereocenters. The molecular weight excluding hydrogens is 306 g/mol. The van der Waals surface area contributed by atoms with Gasteiger partial charge in [0.1, 0.15) is 5.58 Å². The maximum atomic E-state index is 5.63. The zero-order valence-corrected chi connectivity index (χ0v) is 14.4. The summed E-state index contributed by atoms with van der Waals surface area (Å²) in [6.07, 6.45) is 6.20. The van der Waals surface area contributed by atoms with Crippen molar-refractivity contribution in [1.82, 2.24) is 4.90 Å². The van der Waals surface area contributed by atoms with E-state index in [0.717, 1.165) is 24.1 Å². The van der Waals surface area contributed by atoms with E-state index in [1.54, 1.807) is 6.26 Å². The van der Waals surface area contributed by atoms with Crippen molar-refractivity contribution < 1.29 is 4.42 Å². The summed E-state index contributed by atoms with van der Waals surface area (Å²) in [7, 11) is 2.13. The van der Waals surface area contributed by atoms with E-state index in [0.29, 0.717) is 0 Å². The Morgan fingerprint density at radius 1 is 0.880 bits per heavy atom. The molecule has 1 heterocycles. The standard InChI is InChI=1S/C23H21NO/c1-24(17-21-11-5-10-20-14-16-25-23(20)21)15-6-12-19-9-4-8-18-7-2-3-13-22(18)19/h2-14,16H,15,17H2,1H3/b12-6+. The molecule has 0 saturated heterocycles. The van der Waals surface area contributed by atoms with Gasteiger partial charge in [0.05, 0.1) is 6.26 Å². The maximum absolute atomic E-state index is 5.63. The Morgan fingerprint density at radius 2 is 1.68 bits per heavy atom. The van der Waals surface area contributed by atoms with Crippen LogP contribution in [0.25, 0.3) is 27.8 Å². The van der Waals surface area contributed by atoms with Gasteiger partial charge in [-0.15, -0.1) is 0 Å². The summed E-state index contributed by atoms with van der Waals surface area (Å²) in [5, 5.41) is 3.74. The lowest BCUT2D eigenvalue weighted by Crippen LogP contribution is -2.17. The fourth-order valence-corrected chi connectivity index (χ4v) is 3.29. The van der Waals surface area contributed by atoms with Crippen molar-refractivity contribution in [1.29, 1.82) is 0 Å². The van der Waals surface area contributed by atoms with Gasteiger partial charge in [0.2, 0.25) is 0 Å². The molecule has 0 saturated carbocycles. The first-order valence-electron chi connectivity index (χ1n) is 8.59. The van der Waals surface area contributed by atoms with E-state index < -0.39 is 0 Å². The molecule has 0 aliphatic rings. The SMILES string of the molecule is CN(C/C=C/c1cccc2ccccc12)Cc1cccc2ccoc12. The third-order valence-electron chi connectivity index (χ3n) is 4.54. The molecule has 0 aliphatic carbocycles. The second-order valence-corrected chi connectivity index (χ2v) is 6.42. The third kappa shape index (κ3) is 3.35. The second-order valence-electron chi connectivity index (χ2n) is 6.42. The Labute approximate surface area is 148 Å². The molecule has 0 aliphatic heterocycles. The van der Waals surface area contributed by atoms with Crippen LogP contribution in [-0.2, 0) is 6.54 Å². The summed E-state index contributed by atoms with van der Waals surface area (Å²) >= 11 is 0. The van der Waals surface area contributed by atoms with Crippen LogP contribution in [0.1, 0.15) is 11.1 Å². The molecule has 0 N–H and O–H groups in total. The minimum atomic E-state index is 0.866. The van der Waals surface area contributed by atoms with Gasteiger partial charge in [0.15, 0.2) is 0 Å². The Bertz CT molecular complexity index is 1020. The fourth-order valence-electron chi connectivity index (χ4n) is 3.29. The van der Waals surface area contributed by atoms with Gasteiger partial charge in [-0.2, -0.15) is 0 Å². The highest BCUT2D eigenvalue weighted by Gasteiger charge is 2.06. The fraction of sp³-hybridized carbons (Fsp3) is 0.130. The number of hydrogen-bond acceptors (Lipinski definition) is 2. The molecule has 0 amide bonds. The van der Waals surface area contributed by atoms with Gasteiger partial charge < -0.3 is 4.42 Å². The van der Waals surface area contributed by atoms with Crippen LogP contribution in [0.3, 0.4) is 0 Å². The zero-order chi connectivity index (χ0) is 17.1. The van der Waals surface area contributed by atoms with Crippen LogP contribution >= 0.6 is 0 Å². The molecule has 0 spiro atoms. The lowest BCUT2D eigenvalue weighted by molar-refractivity contribution is 0.363. The average molecular weight is 327 g/mol. The Morgan fingerprint density at radius 3 is 2.64 bits per heavy atom. The van der Waals surface area contributed by atoms with Crippen LogP contribution in [0.4, 0.5) is 0 Å². The van der Waals surface area contributed by atoms with Gasteiger partial charge in [-0.3, -0.25) is 4.90 Å². The van der Waals surface area contributed by atoms with Crippen LogP contribution < -0.4 is 0 Å². The van der Waals surface area contributed by atoms with E-state index in [2.05, 4.69) is 84.8 Å². The molecule has 2 nitrogen and oxygen atoms in total. The molecule has 2 heteroatoms. The number of para-hydroxylation sites is 1. The first-order valence-corrected chi connectivity index (χ1v) is 8.59. The molecular formula is C23H21NO. The van der Waals surface area contributed by atoms with Gasteiger partial charge in [0.25, 0.3) is 0 Å². The van der Waals surface area contributed by atoms with E-state index in [1.807, 2.05) is 6.07 Å². The van der Waals surface area contributed by atoms with Gasteiger partial charge >= 0.3 is 0 Å². The van der Waals surface area contributed by atoms with Gasteiger partial charge in [-0.1, -0.05) is 72.8 Å². The summed E-state index contributed by atoms with van der Waals surface area (Å²) in [4.78, 5) is 2.29. The smallest absolute Gasteiger partial charge is 0.138 e. The van der Waals surface area contributed by atoms with Crippen molar-refractivity contribution >= 4 is 27.8 Å².